The monoisotopic (exact) mass is 311 g/mol. The highest BCUT2D eigenvalue weighted by Crippen LogP contribution is 2.25. The summed E-state index contributed by atoms with van der Waals surface area (Å²) in [6, 6.07) is 4.52. The second-order valence-electron chi connectivity index (χ2n) is 4.49. The van der Waals surface area contributed by atoms with Crippen molar-refractivity contribution in [1.82, 2.24) is 14.5 Å². The van der Waals surface area contributed by atoms with Crippen molar-refractivity contribution in [3.63, 3.8) is 0 Å². The SMILES string of the molecule is COc1ccc(CO)cc1S(=O)(=O)NCc1cnn(C)c1. The molecule has 1 aromatic heterocycles. The van der Waals surface area contributed by atoms with Gasteiger partial charge in [-0.25, -0.2) is 13.1 Å². The number of aryl methyl sites for hydroxylation is 1. The molecule has 2 rings (SSSR count). The third kappa shape index (κ3) is 3.60. The number of nitrogens with one attached hydrogen (secondary N) is 1. The molecule has 0 unspecified atom stereocenters. The smallest absolute Gasteiger partial charge is 0.244 e. The average molecular weight is 311 g/mol. The third-order valence-corrected chi connectivity index (χ3v) is 4.35. The van der Waals surface area contributed by atoms with Gasteiger partial charge in [0.15, 0.2) is 0 Å². The Hall–Kier alpha value is -1.90. The van der Waals surface area contributed by atoms with Gasteiger partial charge in [0, 0.05) is 25.4 Å². The maximum absolute atomic E-state index is 12.4. The number of hydrogen-bond acceptors (Lipinski definition) is 5. The van der Waals surface area contributed by atoms with E-state index in [4.69, 9.17) is 9.84 Å². The zero-order chi connectivity index (χ0) is 15.5. The molecule has 1 heterocycles. The number of aliphatic hydroxyl groups is 1. The largest absolute Gasteiger partial charge is 0.495 e. The highest BCUT2D eigenvalue weighted by atomic mass is 32.2. The lowest BCUT2D eigenvalue weighted by atomic mass is 10.2. The molecule has 0 atom stereocenters. The van der Waals surface area contributed by atoms with Gasteiger partial charge in [-0.2, -0.15) is 5.10 Å². The van der Waals surface area contributed by atoms with Crippen LogP contribution in [0.15, 0.2) is 35.5 Å². The van der Waals surface area contributed by atoms with Crippen LogP contribution in [0.3, 0.4) is 0 Å². The van der Waals surface area contributed by atoms with E-state index in [1.165, 1.54) is 19.2 Å². The van der Waals surface area contributed by atoms with Crippen LogP contribution >= 0.6 is 0 Å². The Morgan fingerprint density at radius 3 is 2.71 bits per heavy atom. The minimum absolute atomic E-state index is 0.000408. The Kier molecular flexibility index (Phi) is 4.61. The van der Waals surface area contributed by atoms with Crippen molar-refractivity contribution >= 4 is 10.0 Å². The molecular weight excluding hydrogens is 294 g/mol. The second-order valence-corrected chi connectivity index (χ2v) is 6.23. The number of sulfonamides is 1. The van der Waals surface area contributed by atoms with E-state index in [1.54, 1.807) is 30.2 Å². The Bertz CT molecular complexity index is 725. The van der Waals surface area contributed by atoms with Gasteiger partial charge >= 0.3 is 0 Å². The third-order valence-electron chi connectivity index (χ3n) is 2.92. The van der Waals surface area contributed by atoms with E-state index < -0.39 is 10.0 Å². The minimum Gasteiger partial charge on any atom is -0.495 e. The number of nitrogens with zero attached hydrogens (tertiary/aromatic N) is 2. The molecule has 0 aliphatic carbocycles. The molecule has 0 saturated carbocycles. The fraction of sp³-hybridized carbons (Fsp3) is 0.308. The molecular formula is C13H17N3O4S. The summed E-state index contributed by atoms with van der Waals surface area (Å²) in [5.41, 5.74) is 1.25. The van der Waals surface area contributed by atoms with Crippen molar-refractivity contribution < 1.29 is 18.3 Å². The van der Waals surface area contributed by atoms with Gasteiger partial charge in [0.25, 0.3) is 0 Å². The normalized spacial score (nSPS) is 11.6. The van der Waals surface area contributed by atoms with Crippen molar-refractivity contribution in [1.29, 1.82) is 0 Å². The summed E-state index contributed by atoms with van der Waals surface area (Å²) < 4.78 is 33.9. The van der Waals surface area contributed by atoms with Gasteiger partial charge in [-0.05, 0) is 17.7 Å². The van der Waals surface area contributed by atoms with Crippen LogP contribution in [0.1, 0.15) is 11.1 Å². The summed E-state index contributed by atoms with van der Waals surface area (Å²) >= 11 is 0. The van der Waals surface area contributed by atoms with Gasteiger partial charge in [0.1, 0.15) is 10.6 Å². The zero-order valence-corrected chi connectivity index (χ0v) is 12.6. The highest BCUT2D eigenvalue weighted by Gasteiger charge is 2.20. The number of hydrogen-bond donors (Lipinski definition) is 2. The first-order chi connectivity index (χ1) is 9.96. The lowest BCUT2D eigenvalue weighted by Crippen LogP contribution is -2.23. The van der Waals surface area contributed by atoms with Crippen molar-refractivity contribution in [3.05, 3.63) is 41.7 Å². The maximum Gasteiger partial charge on any atom is 0.244 e. The number of benzene rings is 1. The summed E-state index contributed by atoms with van der Waals surface area (Å²) in [5, 5.41) is 13.1. The molecule has 0 amide bonds. The number of rotatable bonds is 6. The van der Waals surface area contributed by atoms with Crippen molar-refractivity contribution in [2.24, 2.45) is 7.05 Å². The molecule has 2 aromatic rings. The summed E-state index contributed by atoms with van der Waals surface area (Å²) in [5.74, 6) is 0.228. The Morgan fingerprint density at radius 1 is 1.38 bits per heavy atom. The number of ether oxygens (including phenoxy) is 1. The van der Waals surface area contributed by atoms with Crippen molar-refractivity contribution in [3.8, 4) is 5.75 Å². The number of methoxy groups -OCH3 is 1. The standard InChI is InChI=1S/C13H17N3O4S/c1-16-8-11(6-14-16)7-15-21(18,19)13-5-10(9-17)3-4-12(13)20-2/h3-6,8,15,17H,7,9H2,1-2H3. The molecule has 0 radical (unpaired) electrons. The average Bonchev–Trinajstić information content (AvgIpc) is 2.90. The molecule has 1 aromatic carbocycles. The first kappa shape index (κ1) is 15.5. The molecule has 7 nitrogen and oxygen atoms in total. The van der Waals surface area contributed by atoms with Gasteiger partial charge in [-0.15, -0.1) is 0 Å². The molecule has 0 aliphatic rings. The predicted molar refractivity (Wildman–Crippen MR) is 76.2 cm³/mol. The Balaban J connectivity index is 2.26. The van der Waals surface area contributed by atoms with Crippen LogP contribution in [0.2, 0.25) is 0 Å². The van der Waals surface area contributed by atoms with Crippen LogP contribution in [-0.4, -0.2) is 30.4 Å². The van der Waals surface area contributed by atoms with Gasteiger partial charge in [-0.1, -0.05) is 6.07 Å². The fourth-order valence-corrected chi connectivity index (χ4v) is 3.08. The lowest BCUT2D eigenvalue weighted by Gasteiger charge is -2.11. The molecule has 2 N–H and O–H groups in total. The van der Waals surface area contributed by atoms with Gasteiger partial charge in [0.2, 0.25) is 10.0 Å². The molecule has 0 aliphatic heterocycles. The van der Waals surface area contributed by atoms with E-state index in [0.717, 1.165) is 5.56 Å². The zero-order valence-electron chi connectivity index (χ0n) is 11.8. The molecule has 0 spiro atoms. The predicted octanol–water partition coefficient (Wildman–Crippen LogP) is 0.399. The molecule has 8 heteroatoms. The first-order valence-electron chi connectivity index (χ1n) is 6.21. The molecule has 0 fully saturated rings. The van der Waals surface area contributed by atoms with Crippen LogP contribution in [-0.2, 0) is 30.2 Å². The topological polar surface area (TPSA) is 93.4 Å². The van der Waals surface area contributed by atoms with E-state index in [1.807, 2.05) is 0 Å². The maximum atomic E-state index is 12.4. The van der Waals surface area contributed by atoms with E-state index in [2.05, 4.69) is 9.82 Å². The number of aromatic nitrogens is 2. The number of aliphatic hydroxyl groups excluding tert-OH is 1. The van der Waals surface area contributed by atoms with Crippen LogP contribution in [0.25, 0.3) is 0 Å². The van der Waals surface area contributed by atoms with Gasteiger partial charge < -0.3 is 9.84 Å². The van der Waals surface area contributed by atoms with Crippen molar-refractivity contribution in [2.45, 2.75) is 18.0 Å². The lowest BCUT2D eigenvalue weighted by molar-refractivity contribution is 0.281. The minimum atomic E-state index is -3.75. The second kappa shape index (κ2) is 6.25. The molecule has 21 heavy (non-hydrogen) atoms. The quantitative estimate of drug-likeness (QED) is 0.805. The van der Waals surface area contributed by atoms with Gasteiger partial charge in [-0.3, -0.25) is 4.68 Å². The molecule has 114 valence electrons. The van der Waals surface area contributed by atoms with E-state index in [9.17, 15) is 8.42 Å². The van der Waals surface area contributed by atoms with E-state index in [-0.39, 0.29) is 23.8 Å². The highest BCUT2D eigenvalue weighted by molar-refractivity contribution is 7.89. The van der Waals surface area contributed by atoms with E-state index in [0.29, 0.717) is 5.56 Å². The Labute approximate surface area is 123 Å². The van der Waals surface area contributed by atoms with E-state index >= 15 is 0 Å². The molecule has 0 bridgehead atoms. The van der Waals surface area contributed by atoms with Crippen LogP contribution < -0.4 is 9.46 Å². The summed E-state index contributed by atoms with van der Waals surface area (Å²) in [7, 11) is -0.595. The summed E-state index contributed by atoms with van der Waals surface area (Å²) in [6.07, 6.45) is 3.31. The van der Waals surface area contributed by atoms with Gasteiger partial charge in [0.05, 0.1) is 19.9 Å². The van der Waals surface area contributed by atoms with Crippen LogP contribution in [0.5, 0.6) is 5.75 Å². The van der Waals surface area contributed by atoms with Crippen LogP contribution in [0.4, 0.5) is 0 Å². The summed E-state index contributed by atoms with van der Waals surface area (Å²) in [6.45, 7) is -0.113. The fourth-order valence-electron chi connectivity index (χ4n) is 1.85. The Morgan fingerprint density at radius 2 is 2.14 bits per heavy atom. The first-order valence-corrected chi connectivity index (χ1v) is 7.69. The van der Waals surface area contributed by atoms with Crippen LogP contribution in [0, 0.1) is 0 Å². The summed E-state index contributed by atoms with van der Waals surface area (Å²) in [4.78, 5) is 0.000408. The molecule has 0 saturated heterocycles. The van der Waals surface area contributed by atoms with Crippen molar-refractivity contribution in [2.75, 3.05) is 7.11 Å².